The van der Waals surface area contributed by atoms with Crippen LogP contribution in [0.15, 0.2) is 0 Å². The Morgan fingerprint density at radius 1 is 1.17 bits per heavy atom. The Morgan fingerprint density at radius 2 is 1.89 bits per heavy atom. The Labute approximate surface area is 114 Å². The largest absolute Gasteiger partial charge is 0.310 e. The van der Waals surface area contributed by atoms with E-state index in [9.17, 15) is 0 Å². The Kier molecular flexibility index (Phi) is 4.38. The molecule has 18 heavy (non-hydrogen) atoms. The van der Waals surface area contributed by atoms with Crippen molar-refractivity contribution < 1.29 is 0 Å². The van der Waals surface area contributed by atoms with Crippen molar-refractivity contribution >= 4 is 0 Å². The van der Waals surface area contributed by atoms with Gasteiger partial charge in [-0.2, -0.15) is 0 Å². The van der Waals surface area contributed by atoms with Crippen LogP contribution >= 0.6 is 0 Å². The summed E-state index contributed by atoms with van der Waals surface area (Å²) in [4.78, 5) is 2.82. The first kappa shape index (κ1) is 14.3. The fourth-order valence-electron chi connectivity index (χ4n) is 4.13. The van der Waals surface area contributed by atoms with E-state index in [4.69, 9.17) is 0 Å². The van der Waals surface area contributed by atoms with Crippen molar-refractivity contribution in [3.05, 3.63) is 0 Å². The number of nitrogens with one attached hydrogen (secondary N) is 1. The summed E-state index contributed by atoms with van der Waals surface area (Å²) in [6.45, 7) is 13.4. The van der Waals surface area contributed by atoms with Crippen LogP contribution in [0, 0.1) is 5.41 Å². The molecule has 1 saturated carbocycles. The van der Waals surface area contributed by atoms with Crippen LogP contribution in [0.3, 0.4) is 0 Å². The predicted molar refractivity (Wildman–Crippen MR) is 78.9 cm³/mol. The van der Waals surface area contributed by atoms with Gasteiger partial charge in [0.2, 0.25) is 0 Å². The van der Waals surface area contributed by atoms with Gasteiger partial charge in [-0.05, 0) is 50.6 Å². The van der Waals surface area contributed by atoms with E-state index in [1.807, 2.05) is 0 Å². The van der Waals surface area contributed by atoms with Gasteiger partial charge in [0, 0.05) is 18.1 Å². The van der Waals surface area contributed by atoms with Gasteiger partial charge in [0.25, 0.3) is 0 Å². The molecular weight excluding hydrogens is 220 g/mol. The average molecular weight is 252 g/mol. The third-order valence-electron chi connectivity index (χ3n) is 5.62. The highest BCUT2D eigenvalue weighted by Gasteiger charge is 2.41. The third kappa shape index (κ3) is 2.75. The summed E-state index contributed by atoms with van der Waals surface area (Å²) in [5.41, 5.74) is 0.896. The van der Waals surface area contributed by atoms with Gasteiger partial charge in [0.05, 0.1) is 0 Å². The normalized spacial score (nSPS) is 32.3. The number of rotatable bonds is 3. The maximum absolute atomic E-state index is 3.83. The van der Waals surface area contributed by atoms with Gasteiger partial charge in [-0.25, -0.2) is 0 Å². The molecule has 2 rings (SSSR count). The van der Waals surface area contributed by atoms with Crippen molar-refractivity contribution in [2.45, 2.75) is 77.8 Å². The Morgan fingerprint density at radius 3 is 2.44 bits per heavy atom. The summed E-state index contributed by atoms with van der Waals surface area (Å²) in [7, 11) is 0. The summed E-state index contributed by atoms with van der Waals surface area (Å²) in [6, 6.07) is 0.815. The predicted octanol–water partition coefficient (Wildman–Crippen LogP) is 3.42. The van der Waals surface area contributed by atoms with Crippen LogP contribution in [0.2, 0.25) is 0 Å². The number of hydrogen-bond acceptors (Lipinski definition) is 2. The van der Waals surface area contributed by atoms with Gasteiger partial charge in [0.15, 0.2) is 0 Å². The molecule has 1 unspecified atom stereocenters. The first-order chi connectivity index (χ1) is 8.53. The summed E-state index contributed by atoms with van der Waals surface area (Å²) < 4.78 is 0. The average Bonchev–Trinajstić information content (AvgIpc) is 2.60. The Balaban J connectivity index is 2.12. The monoisotopic (exact) mass is 252 g/mol. The lowest BCUT2D eigenvalue weighted by atomic mass is 9.84. The van der Waals surface area contributed by atoms with Gasteiger partial charge >= 0.3 is 0 Å². The lowest BCUT2D eigenvalue weighted by Gasteiger charge is -2.42. The van der Waals surface area contributed by atoms with Crippen LogP contribution in [0.25, 0.3) is 0 Å². The molecule has 1 aliphatic carbocycles. The highest BCUT2D eigenvalue weighted by atomic mass is 15.2. The molecule has 0 radical (unpaired) electrons. The smallest absolute Gasteiger partial charge is 0.0303 e. The zero-order chi connectivity index (χ0) is 13.2. The van der Waals surface area contributed by atoms with Crippen LogP contribution in [-0.4, -0.2) is 36.1 Å². The van der Waals surface area contributed by atoms with E-state index in [1.165, 1.54) is 58.2 Å². The summed E-state index contributed by atoms with van der Waals surface area (Å²) in [5.74, 6) is 0. The number of hydrogen-bond donors (Lipinski definition) is 1. The van der Waals surface area contributed by atoms with E-state index in [0.717, 1.165) is 6.04 Å². The molecule has 2 aliphatic rings. The summed E-state index contributed by atoms with van der Waals surface area (Å²) in [6.07, 6.45) is 8.07. The second kappa shape index (κ2) is 5.50. The minimum absolute atomic E-state index is 0.370. The van der Waals surface area contributed by atoms with E-state index in [0.29, 0.717) is 11.0 Å². The molecule has 2 nitrogen and oxygen atoms in total. The lowest BCUT2D eigenvalue weighted by Crippen LogP contribution is -2.54. The van der Waals surface area contributed by atoms with Crippen LogP contribution < -0.4 is 5.32 Å². The number of nitrogens with zero attached hydrogens (tertiary/aromatic N) is 1. The minimum Gasteiger partial charge on any atom is -0.310 e. The molecule has 1 saturated heterocycles. The molecule has 0 amide bonds. The standard InChI is InChI=1S/C16H32N2/c1-5-16(6-2)13-18(12-8-11-17-16)14-9-7-10-15(14,3)4/h14,17H,5-13H2,1-4H3. The molecule has 1 N–H and O–H groups in total. The fraction of sp³-hybridized carbons (Fsp3) is 1.00. The highest BCUT2D eigenvalue weighted by Crippen LogP contribution is 2.41. The molecule has 1 heterocycles. The maximum atomic E-state index is 3.83. The molecule has 2 fully saturated rings. The first-order valence-electron chi connectivity index (χ1n) is 8.02. The van der Waals surface area contributed by atoms with E-state index < -0.39 is 0 Å². The lowest BCUT2D eigenvalue weighted by molar-refractivity contribution is 0.0877. The van der Waals surface area contributed by atoms with E-state index in [2.05, 4.69) is 37.9 Å². The van der Waals surface area contributed by atoms with Crippen molar-refractivity contribution in [3.63, 3.8) is 0 Å². The Bertz CT molecular complexity index is 268. The zero-order valence-corrected chi connectivity index (χ0v) is 12.9. The van der Waals surface area contributed by atoms with Crippen LogP contribution in [-0.2, 0) is 0 Å². The van der Waals surface area contributed by atoms with Crippen molar-refractivity contribution in [2.24, 2.45) is 5.41 Å². The fourth-order valence-corrected chi connectivity index (χ4v) is 4.13. The van der Waals surface area contributed by atoms with E-state index >= 15 is 0 Å². The molecule has 1 atom stereocenters. The van der Waals surface area contributed by atoms with Gasteiger partial charge in [-0.15, -0.1) is 0 Å². The van der Waals surface area contributed by atoms with Gasteiger partial charge in [-0.1, -0.05) is 34.1 Å². The van der Waals surface area contributed by atoms with E-state index in [1.54, 1.807) is 0 Å². The summed E-state index contributed by atoms with van der Waals surface area (Å²) >= 11 is 0. The summed E-state index contributed by atoms with van der Waals surface area (Å²) in [5, 5.41) is 3.83. The third-order valence-corrected chi connectivity index (χ3v) is 5.62. The zero-order valence-electron chi connectivity index (χ0n) is 12.9. The van der Waals surface area contributed by atoms with Crippen molar-refractivity contribution in [3.8, 4) is 0 Å². The van der Waals surface area contributed by atoms with Crippen molar-refractivity contribution in [2.75, 3.05) is 19.6 Å². The van der Waals surface area contributed by atoms with Crippen LogP contribution in [0.1, 0.15) is 66.2 Å². The van der Waals surface area contributed by atoms with Gasteiger partial charge < -0.3 is 5.32 Å². The molecule has 0 spiro atoms. The second-order valence-electron chi connectivity index (χ2n) is 7.13. The van der Waals surface area contributed by atoms with Crippen molar-refractivity contribution in [1.82, 2.24) is 10.2 Å². The maximum Gasteiger partial charge on any atom is 0.0303 e. The molecule has 0 bridgehead atoms. The molecule has 1 aliphatic heterocycles. The second-order valence-corrected chi connectivity index (χ2v) is 7.13. The van der Waals surface area contributed by atoms with E-state index in [-0.39, 0.29) is 0 Å². The first-order valence-corrected chi connectivity index (χ1v) is 8.02. The molecule has 0 aromatic rings. The molecule has 2 heteroatoms. The molecule has 0 aromatic carbocycles. The highest BCUT2D eigenvalue weighted by molar-refractivity contribution is 4.98. The van der Waals surface area contributed by atoms with Crippen molar-refractivity contribution in [1.29, 1.82) is 0 Å². The van der Waals surface area contributed by atoms with Gasteiger partial charge in [-0.3, -0.25) is 4.90 Å². The molecule has 0 aromatic heterocycles. The minimum atomic E-state index is 0.370. The topological polar surface area (TPSA) is 15.3 Å². The Hall–Kier alpha value is -0.0800. The molecular formula is C16H32N2. The van der Waals surface area contributed by atoms with Gasteiger partial charge in [0.1, 0.15) is 0 Å². The quantitative estimate of drug-likeness (QED) is 0.828. The van der Waals surface area contributed by atoms with Crippen LogP contribution in [0.5, 0.6) is 0 Å². The van der Waals surface area contributed by atoms with Crippen LogP contribution in [0.4, 0.5) is 0 Å². The molecule has 106 valence electrons. The SMILES string of the molecule is CCC1(CC)CN(C2CCCC2(C)C)CCCN1.